The van der Waals surface area contributed by atoms with Crippen LogP contribution in [0.15, 0.2) is 33.7 Å². The van der Waals surface area contributed by atoms with Crippen molar-refractivity contribution in [3.8, 4) is 0 Å². The number of carbonyl (C=O) groups excluding carboxylic acids is 1. The molecule has 0 bridgehead atoms. The van der Waals surface area contributed by atoms with Gasteiger partial charge in [0, 0.05) is 13.1 Å². The highest BCUT2D eigenvalue weighted by molar-refractivity contribution is 7.08. The van der Waals surface area contributed by atoms with Gasteiger partial charge in [0.1, 0.15) is 0 Å². The summed E-state index contributed by atoms with van der Waals surface area (Å²) >= 11 is 3.32. The van der Waals surface area contributed by atoms with Crippen molar-refractivity contribution in [1.29, 1.82) is 0 Å². The molecule has 149 valence electrons. The molecule has 0 saturated carbocycles. The van der Waals surface area contributed by atoms with Crippen LogP contribution in [0.5, 0.6) is 0 Å². The maximum Gasteiger partial charge on any atom is 0.240 e. The average molecular weight is 408 g/mol. The minimum atomic E-state index is -0.258. The molecule has 6 heteroatoms. The second kappa shape index (κ2) is 11.0. The van der Waals surface area contributed by atoms with Crippen molar-refractivity contribution in [3.05, 3.63) is 51.7 Å². The molecular weight excluding hydrogens is 376 g/mol. The van der Waals surface area contributed by atoms with Crippen LogP contribution in [0, 0.1) is 6.92 Å². The highest BCUT2D eigenvalue weighted by Crippen LogP contribution is 2.17. The zero-order valence-corrected chi connectivity index (χ0v) is 18.2. The standard InChI is InChI=1S/C21H31N2O2S2/c1-5-6-7-19(22-16-25-21(2,3)4)20(24)23(12-17-8-10-26-14-17)13-18-9-11-27-15-18/h8-11,14-15,19,22H,1,5-7,12-13,16H2,2-4H3/t19-/m0/s1. The maximum atomic E-state index is 13.4. The van der Waals surface area contributed by atoms with E-state index in [4.69, 9.17) is 4.74 Å². The summed E-state index contributed by atoms with van der Waals surface area (Å²) in [6.45, 7) is 11.6. The number of amides is 1. The normalized spacial score (nSPS) is 12.9. The van der Waals surface area contributed by atoms with Crippen LogP contribution in [0.1, 0.15) is 51.2 Å². The summed E-state index contributed by atoms with van der Waals surface area (Å²) in [6, 6.07) is 3.91. The highest BCUT2D eigenvalue weighted by Gasteiger charge is 2.25. The Balaban J connectivity index is 2.08. The molecule has 1 N–H and O–H groups in total. The molecule has 0 aromatic carbocycles. The van der Waals surface area contributed by atoms with Gasteiger partial charge in [0.2, 0.25) is 5.91 Å². The predicted octanol–water partition coefficient (Wildman–Crippen LogP) is 5.07. The predicted molar refractivity (Wildman–Crippen MR) is 115 cm³/mol. The topological polar surface area (TPSA) is 41.6 Å². The minimum absolute atomic E-state index is 0.123. The number of carbonyl (C=O) groups is 1. The van der Waals surface area contributed by atoms with Gasteiger partial charge >= 0.3 is 0 Å². The molecule has 1 radical (unpaired) electrons. The van der Waals surface area contributed by atoms with Gasteiger partial charge in [-0.1, -0.05) is 19.8 Å². The highest BCUT2D eigenvalue weighted by atomic mass is 32.1. The summed E-state index contributed by atoms with van der Waals surface area (Å²) < 4.78 is 5.79. The third-order valence-electron chi connectivity index (χ3n) is 4.09. The fourth-order valence-electron chi connectivity index (χ4n) is 2.66. The van der Waals surface area contributed by atoms with Gasteiger partial charge in [0.15, 0.2) is 0 Å². The molecule has 1 amide bonds. The Bertz CT molecular complexity index is 612. The number of unbranched alkanes of at least 4 members (excludes halogenated alkanes) is 1. The summed E-state index contributed by atoms with van der Waals surface area (Å²) in [4.78, 5) is 15.3. The first-order chi connectivity index (χ1) is 12.9. The molecule has 2 aromatic heterocycles. The van der Waals surface area contributed by atoms with E-state index in [9.17, 15) is 4.79 Å². The second-order valence-electron chi connectivity index (χ2n) is 7.61. The fraction of sp³-hybridized carbons (Fsp3) is 0.524. The van der Waals surface area contributed by atoms with E-state index >= 15 is 0 Å². The van der Waals surface area contributed by atoms with Crippen LogP contribution in [0.4, 0.5) is 0 Å². The summed E-state index contributed by atoms with van der Waals surface area (Å²) in [6.07, 6.45) is 2.49. The average Bonchev–Trinajstić information content (AvgIpc) is 3.29. The van der Waals surface area contributed by atoms with Crippen molar-refractivity contribution in [3.63, 3.8) is 0 Å². The van der Waals surface area contributed by atoms with E-state index in [1.807, 2.05) is 25.7 Å². The Hall–Kier alpha value is -1.21. The largest absolute Gasteiger partial charge is 0.361 e. The molecule has 2 heterocycles. The first-order valence-corrected chi connectivity index (χ1v) is 11.2. The number of nitrogens with zero attached hydrogens (tertiary/aromatic N) is 1. The van der Waals surface area contributed by atoms with Crippen molar-refractivity contribution in [1.82, 2.24) is 10.2 Å². The summed E-state index contributed by atoms with van der Waals surface area (Å²) in [7, 11) is 0. The molecule has 0 aliphatic heterocycles. The fourth-order valence-corrected chi connectivity index (χ4v) is 3.98. The number of hydrogen-bond acceptors (Lipinski definition) is 5. The van der Waals surface area contributed by atoms with Crippen molar-refractivity contribution >= 4 is 28.6 Å². The van der Waals surface area contributed by atoms with E-state index in [-0.39, 0.29) is 17.6 Å². The number of rotatable bonds is 11. The van der Waals surface area contributed by atoms with Crippen molar-refractivity contribution < 1.29 is 9.53 Å². The number of hydrogen-bond donors (Lipinski definition) is 1. The first-order valence-electron chi connectivity index (χ1n) is 9.36. The Kier molecular flexibility index (Phi) is 8.96. The smallest absolute Gasteiger partial charge is 0.240 e. The molecule has 27 heavy (non-hydrogen) atoms. The van der Waals surface area contributed by atoms with Gasteiger partial charge in [-0.05, 0) is 72.0 Å². The molecular formula is C21H31N2O2S2. The quantitative estimate of drug-likeness (QED) is 0.529. The van der Waals surface area contributed by atoms with Crippen LogP contribution in [-0.4, -0.2) is 29.2 Å². The molecule has 4 nitrogen and oxygen atoms in total. The zero-order valence-electron chi connectivity index (χ0n) is 16.6. The van der Waals surface area contributed by atoms with Gasteiger partial charge in [-0.25, -0.2) is 0 Å². The Morgan fingerprint density at radius 1 is 1.19 bits per heavy atom. The van der Waals surface area contributed by atoms with Gasteiger partial charge in [0.25, 0.3) is 0 Å². The van der Waals surface area contributed by atoms with Crippen LogP contribution in [0.25, 0.3) is 0 Å². The van der Waals surface area contributed by atoms with E-state index in [0.717, 1.165) is 19.3 Å². The first kappa shape index (κ1) is 22.1. The number of thiophene rings is 2. The maximum absolute atomic E-state index is 13.4. The Morgan fingerprint density at radius 2 is 1.78 bits per heavy atom. The number of ether oxygens (including phenoxy) is 1. The van der Waals surface area contributed by atoms with Crippen LogP contribution in [0.3, 0.4) is 0 Å². The lowest BCUT2D eigenvalue weighted by Gasteiger charge is -2.29. The van der Waals surface area contributed by atoms with Gasteiger partial charge in [0.05, 0.1) is 18.4 Å². The summed E-state index contributed by atoms with van der Waals surface area (Å²) in [5.41, 5.74) is 2.11. The lowest BCUT2D eigenvalue weighted by Crippen LogP contribution is -2.47. The van der Waals surface area contributed by atoms with Crippen LogP contribution < -0.4 is 5.32 Å². The van der Waals surface area contributed by atoms with E-state index < -0.39 is 0 Å². The third-order valence-corrected chi connectivity index (χ3v) is 5.56. The Morgan fingerprint density at radius 3 is 2.22 bits per heavy atom. The van der Waals surface area contributed by atoms with Gasteiger partial charge in [-0.3, -0.25) is 10.1 Å². The van der Waals surface area contributed by atoms with Crippen LogP contribution >= 0.6 is 22.7 Å². The zero-order chi connectivity index (χ0) is 19.7. The Labute approximate surface area is 171 Å². The van der Waals surface area contributed by atoms with Crippen molar-refractivity contribution in [2.75, 3.05) is 6.73 Å². The molecule has 0 aliphatic rings. The van der Waals surface area contributed by atoms with Crippen LogP contribution in [-0.2, 0) is 22.6 Å². The molecule has 0 saturated heterocycles. The molecule has 2 aromatic rings. The molecule has 0 fully saturated rings. The lowest BCUT2D eigenvalue weighted by atomic mass is 10.1. The van der Waals surface area contributed by atoms with Gasteiger partial charge in [-0.2, -0.15) is 22.7 Å². The third kappa shape index (κ3) is 8.13. The van der Waals surface area contributed by atoms with Crippen LogP contribution in [0.2, 0.25) is 0 Å². The lowest BCUT2D eigenvalue weighted by molar-refractivity contribution is -0.136. The van der Waals surface area contributed by atoms with Gasteiger partial charge < -0.3 is 9.64 Å². The second-order valence-corrected chi connectivity index (χ2v) is 9.17. The molecule has 0 spiro atoms. The number of nitrogens with one attached hydrogen (secondary N) is 1. The van der Waals surface area contributed by atoms with E-state index in [1.54, 1.807) is 22.7 Å². The minimum Gasteiger partial charge on any atom is -0.361 e. The summed E-state index contributed by atoms with van der Waals surface area (Å²) in [5.74, 6) is 0.123. The molecule has 1 atom stereocenters. The van der Waals surface area contributed by atoms with E-state index in [1.165, 1.54) is 11.1 Å². The molecule has 2 rings (SSSR count). The monoisotopic (exact) mass is 407 g/mol. The molecule has 0 unspecified atom stereocenters. The van der Waals surface area contributed by atoms with E-state index in [0.29, 0.717) is 19.8 Å². The van der Waals surface area contributed by atoms with Crippen molar-refractivity contribution in [2.24, 2.45) is 0 Å². The van der Waals surface area contributed by atoms with E-state index in [2.05, 4.69) is 45.9 Å². The summed E-state index contributed by atoms with van der Waals surface area (Å²) in [5, 5.41) is 11.6. The molecule has 0 aliphatic carbocycles. The van der Waals surface area contributed by atoms with Gasteiger partial charge in [-0.15, -0.1) is 0 Å². The SMILES string of the molecule is [CH2]CCC[C@H](NCOC(C)(C)C)C(=O)N(Cc1ccsc1)Cc1ccsc1. The van der Waals surface area contributed by atoms with Crippen molar-refractivity contribution in [2.45, 2.75) is 64.8 Å².